The van der Waals surface area contributed by atoms with E-state index in [9.17, 15) is 9.59 Å². The van der Waals surface area contributed by atoms with Crippen LogP contribution in [0.3, 0.4) is 0 Å². The Morgan fingerprint density at radius 2 is 1.60 bits per heavy atom. The van der Waals surface area contributed by atoms with Gasteiger partial charge in [-0.1, -0.05) is 18.2 Å². The number of carboxylic acids is 2. The van der Waals surface area contributed by atoms with Crippen molar-refractivity contribution in [1.82, 2.24) is 0 Å². The van der Waals surface area contributed by atoms with Crippen LogP contribution in [-0.2, 0) is 0 Å². The van der Waals surface area contributed by atoms with Crippen molar-refractivity contribution in [3.8, 4) is 0 Å². The number of hydrogen-bond acceptors (Lipinski definition) is 3. The van der Waals surface area contributed by atoms with Crippen LogP contribution in [0.4, 0.5) is 11.4 Å². The van der Waals surface area contributed by atoms with Gasteiger partial charge in [-0.05, 0) is 30.3 Å². The summed E-state index contributed by atoms with van der Waals surface area (Å²) < 4.78 is 1.12. The predicted molar refractivity (Wildman–Crippen MR) is 74.8 cm³/mol. The summed E-state index contributed by atoms with van der Waals surface area (Å²) in [6.45, 7) is 0. The molecule has 102 valence electrons. The maximum Gasteiger partial charge on any atom is 0.337 e. The number of benzene rings is 2. The van der Waals surface area contributed by atoms with Gasteiger partial charge in [0.05, 0.1) is 22.5 Å². The maximum atomic E-state index is 11.2. The van der Waals surface area contributed by atoms with Crippen molar-refractivity contribution >= 4 is 35.1 Å². The second-order valence-electron chi connectivity index (χ2n) is 3.96. The third-order valence-electron chi connectivity index (χ3n) is 2.67. The van der Waals surface area contributed by atoms with Crippen LogP contribution < -0.4 is 4.42 Å². The molecule has 2 rings (SSSR count). The molecule has 0 bridgehead atoms. The monoisotopic (exact) mass is 291 g/mol. The molecule has 0 aliphatic rings. The second-order valence-corrected chi connectivity index (χ2v) is 4.30. The molecule has 2 aromatic carbocycles. The quantitative estimate of drug-likeness (QED) is 0.844. The molecule has 0 amide bonds. The standard InChI is InChI=1S/C14H10ClNO4/c15-16(10-4-2-1-3-5-10)12-8-9(13(17)18)6-7-11(12)14(19)20/h1-8H,(H,17,18)(H,19,20). The van der Waals surface area contributed by atoms with Gasteiger partial charge in [0, 0.05) is 11.8 Å². The summed E-state index contributed by atoms with van der Waals surface area (Å²) in [6.07, 6.45) is 0. The smallest absolute Gasteiger partial charge is 0.337 e. The van der Waals surface area contributed by atoms with E-state index in [-0.39, 0.29) is 16.8 Å². The van der Waals surface area contributed by atoms with Gasteiger partial charge in [0.1, 0.15) is 0 Å². The van der Waals surface area contributed by atoms with Crippen molar-refractivity contribution in [3.63, 3.8) is 0 Å². The average molecular weight is 292 g/mol. The minimum absolute atomic E-state index is 0.0356. The van der Waals surface area contributed by atoms with Gasteiger partial charge >= 0.3 is 11.9 Å². The van der Waals surface area contributed by atoms with E-state index in [1.165, 1.54) is 18.2 Å². The number of rotatable bonds is 4. The van der Waals surface area contributed by atoms with E-state index in [0.29, 0.717) is 5.69 Å². The fourth-order valence-electron chi connectivity index (χ4n) is 1.71. The highest BCUT2D eigenvalue weighted by atomic mass is 35.5. The van der Waals surface area contributed by atoms with E-state index in [1.807, 2.05) is 0 Å². The third-order valence-corrected chi connectivity index (χ3v) is 3.05. The van der Waals surface area contributed by atoms with Gasteiger partial charge in [-0.2, -0.15) is 0 Å². The van der Waals surface area contributed by atoms with Crippen molar-refractivity contribution in [3.05, 3.63) is 59.7 Å². The van der Waals surface area contributed by atoms with Gasteiger partial charge in [0.2, 0.25) is 0 Å². The number of carboxylic acid groups (broad SMARTS) is 2. The second kappa shape index (κ2) is 5.63. The minimum atomic E-state index is -1.18. The molecule has 2 aromatic rings. The van der Waals surface area contributed by atoms with Gasteiger partial charge in [-0.15, -0.1) is 0 Å². The molecule has 0 saturated carbocycles. The molecule has 0 saturated heterocycles. The van der Waals surface area contributed by atoms with E-state index in [4.69, 9.17) is 22.0 Å². The lowest BCUT2D eigenvalue weighted by molar-refractivity contribution is 0.0682. The fourth-order valence-corrected chi connectivity index (χ4v) is 1.96. The van der Waals surface area contributed by atoms with Gasteiger partial charge in [-0.25, -0.2) is 9.59 Å². The molecular formula is C14H10ClNO4. The summed E-state index contributed by atoms with van der Waals surface area (Å²) in [5.41, 5.74) is 0.532. The van der Waals surface area contributed by atoms with Crippen molar-refractivity contribution in [1.29, 1.82) is 0 Å². The first-order chi connectivity index (χ1) is 9.50. The van der Waals surface area contributed by atoms with Crippen LogP contribution in [0, 0.1) is 0 Å². The Morgan fingerprint density at radius 1 is 0.950 bits per heavy atom. The lowest BCUT2D eigenvalue weighted by atomic mass is 10.1. The first-order valence-electron chi connectivity index (χ1n) is 5.62. The molecule has 2 N–H and O–H groups in total. The minimum Gasteiger partial charge on any atom is -0.478 e. The van der Waals surface area contributed by atoms with Crippen molar-refractivity contribution in [2.24, 2.45) is 0 Å². The van der Waals surface area contributed by atoms with E-state index in [1.54, 1.807) is 30.3 Å². The molecular weight excluding hydrogens is 282 g/mol. The van der Waals surface area contributed by atoms with E-state index in [2.05, 4.69) is 0 Å². The Balaban J connectivity index is 2.55. The van der Waals surface area contributed by atoms with Crippen LogP contribution >= 0.6 is 11.8 Å². The average Bonchev–Trinajstić information content (AvgIpc) is 2.46. The molecule has 20 heavy (non-hydrogen) atoms. The normalized spacial score (nSPS) is 10.1. The zero-order valence-electron chi connectivity index (χ0n) is 10.2. The molecule has 0 heterocycles. The van der Waals surface area contributed by atoms with Gasteiger partial charge in [-0.3, -0.25) is 4.42 Å². The number of anilines is 2. The van der Waals surface area contributed by atoms with Crippen LogP contribution in [0.5, 0.6) is 0 Å². The zero-order valence-corrected chi connectivity index (χ0v) is 10.9. The summed E-state index contributed by atoms with van der Waals surface area (Å²) >= 11 is 6.13. The van der Waals surface area contributed by atoms with Gasteiger partial charge < -0.3 is 10.2 Å². The zero-order chi connectivity index (χ0) is 14.7. The summed E-state index contributed by atoms with van der Waals surface area (Å²) in [6, 6.07) is 12.3. The molecule has 0 fully saturated rings. The van der Waals surface area contributed by atoms with E-state index >= 15 is 0 Å². The number of para-hydroxylation sites is 1. The highest BCUT2D eigenvalue weighted by Gasteiger charge is 2.18. The first kappa shape index (κ1) is 13.9. The fraction of sp³-hybridized carbons (Fsp3) is 0. The highest BCUT2D eigenvalue weighted by Crippen LogP contribution is 2.31. The number of hydrogen-bond donors (Lipinski definition) is 2. The Hall–Kier alpha value is -2.53. The van der Waals surface area contributed by atoms with E-state index < -0.39 is 11.9 Å². The molecule has 5 nitrogen and oxygen atoms in total. The van der Waals surface area contributed by atoms with Crippen molar-refractivity contribution < 1.29 is 19.8 Å². The topological polar surface area (TPSA) is 77.8 Å². The lowest BCUT2D eigenvalue weighted by Gasteiger charge is -2.18. The molecule has 0 aliphatic heterocycles. The summed E-state index contributed by atoms with van der Waals surface area (Å²) in [5, 5.41) is 18.1. The molecule has 0 aromatic heterocycles. The highest BCUT2D eigenvalue weighted by molar-refractivity contribution is 6.30. The number of aromatic carboxylic acids is 2. The molecule has 0 spiro atoms. The van der Waals surface area contributed by atoms with Crippen LogP contribution in [0.1, 0.15) is 20.7 Å². The Bertz CT molecular complexity index is 657. The SMILES string of the molecule is O=C(O)c1ccc(C(=O)O)c(N(Cl)c2ccccc2)c1. The molecule has 0 unspecified atom stereocenters. The third kappa shape index (κ3) is 2.73. The summed E-state index contributed by atoms with van der Waals surface area (Å²) in [5.74, 6) is -2.33. The molecule has 0 radical (unpaired) electrons. The molecule has 6 heteroatoms. The van der Waals surface area contributed by atoms with Gasteiger partial charge in [0.25, 0.3) is 0 Å². The molecule has 0 aliphatic carbocycles. The van der Waals surface area contributed by atoms with Crippen LogP contribution in [0.15, 0.2) is 48.5 Å². The predicted octanol–water partition coefficient (Wildman–Crippen LogP) is 3.37. The first-order valence-corrected chi connectivity index (χ1v) is 5.96. The molecule has 0 atom stereocenters. The lowest BCUT2D eigenvalue weighted by Crippen LogP contribution is -2.10. The summed E-state index contributed by atoms with van der Waals surface area (Å²) in [7, 11) is 0. The largest absolute Gasteiger partial charge is 0.478 e. The summed E-state index contributed by atoms with van der Waals surface area (Å²) in [4.78, 5) is 22.2. The maximum absolute atomic E-state index is 11.2. The van der Waals surface area contributed by atoms with Crippen LogP contribution in [-0.4, -0.2) is 22.2 Å². The van der Waals surface area contributed by atoms with Crippen LogP contribution in [0.2, 0.25) is 0 Å². The van der Waals surface area contributed by atoms with Gasteiger partial charge in [0.15, 0.2) is 0 Å². The number of carbonyl (C=O) groups is 2. The Kier molecular flexibility index (Phi) is 3.91. The Labute approximate surface area is 119 Å². The van der Waals surface area contributed by atoms with Crippen LogP contribution in [0.25, 0.3) is 0 Å². The van der Waals surface area contributed by atoms with E-state index in [0.717, 1.165) is 4.42 Å². The van der Waals surface area contributed by atoms with Crippen molar-refractivity contribution in [2.45, 2.75) is 0 Å². The number of nitrogens with zero attached hydrogens (tertiary/aromatic N) is 1. The van der Waals surface area contributed by atoms with Crippen molar-refractivity contribution in [2.75, 3.05) is 4.42 Å². The number of halogens is 1. The Morgan fingerprint density at radius 3 is 2.15 bits per heavy atom.